The number of hydrogen-bond donors (Lipinski definition) is 3. The molecule has 16 heavy (non-hydrogen) atoms. The summed E-state index contributed by atoms with van der Waals surface area (Å²) in [6.07, 6.45) is 1.57. The average molecular weight is 218 g/mol. The second-order valence-corrected chi connectivity index (χ2v) is 3.82. The van der Waals surface area contributed by atoms with E-state index in [0.717, 1.165) is 11.1 Å². The van der Waals surface area contributed by atoms with E-state index in [0.29, 0.717) is 6.54 Å². The van der Waals surface area contributed by atoms with Gasteiger partial charge in [-0.1, -0.05) is 24.3 Å². The van der Waals surface area contributed by atoms with Crippen molar-refractivity contribution < 1.29 is 4.79 Å². The molecule has 1 heterocycles. The molecule has 0 aliphatic carbocycles. The lowest BCUT2D eigenvalue weighted by atomic mass is 9.94. The van der Waals surface area contributed by atoms with Crippen LogP contribution in [0, 0.1) is 0 Å². The molecule has 0 spiro atoms. The molecule has 5 heteroatoms. The van der Waals surface area contributed by atoms with Crippen LogP contribution in [0.4, 0.5) is 0 Å². The third kappa shape index (κ3) is 1.90. The molecule has 84 valence electrons. The molecule has 1 saturated heterocycles. The van der Waals surface area contributed by atoms with E-state index in [1.165, 1.54) is 0 Å². The van der Waals surface area contributed by atoms with Crippen LogP contribution < -0.4 is 16.9 Å². The fourth-order valence-corrected chi connectivity index (χ4v) is 1.88. The molecule has 0 bridgehead atoms. The van der Waals surface area contributed by atoms with E-state index >= 15 is 0 Å². The van der Waals surface area contributed by atoms with Gasteiger partial charge in [0.25, 0.3) is 0 Å². The van der Waals surface area contributed by atoms with Crippen LogP contribution in [-0.2, 0) is 4.79 Å². The summed E-state index contributed by atoms with van der Waals surface area (Å²) in [6, 6.07) is 7.25. The molecule has 1 aromatic carbocycles. The fourth-order valence-electron chi connectivity index (χ4n) is 1.88. The van der Waals surface area contributed by atoms with Crippen LogP contribution in [0.25, 0.3) is 0 Å². The molecule has 1 aliphatic heterocycles. The number of rotatable bonds is 2. The molecule has 1 aromatic rings. The number of amides is 1. The topological polar surface area (TPSA) is 93.5 Å². The Morgan fingerprint density at radius 3 is 2.56 bits per heavy atom. The highest BCUT2D eigenvalue weighted by Crippen LogP contribution is 2.22. The normalized spacial score (nSPS) is 24.9. The van der Waals surface area contributed by atoms with Gasteiger partial charge in [0.05, 0.1) is 12.3 Å². The molecule has 2 rings (SSSR count). The van der Waals surface area contributed by atoms with Crippen molar-refractivity contribution in [2.45, 2.75) is 12.0 Å². The first kappa shape index (κ1) is 10.6. The van der Waals surface area contributed by atoms with Gasteiger partial charge in [0.1, 0.15) is 0 Å². The lowest BCUT2D eigenvalue weighted by Crippen LogP contribution is -2.33. The van der Waals surface area contributed by atoms with Gasteiger partial charge in [-0.25, -0.2) is 0 Å². The highest BCUT2D eigenvalue weighted by atomic mass is 16.2. The van der Waals surface area contributed by atoms with Crippen LogP contribution in [0.5, 0.6) is 0 Å². The number of benzene rings is 1. The Morgan fingerprint density at radius 2 is 2.06 bits per heavy atom. The van der Waals surface area contributed by atoms with E-state index < -0.39 is 6.04 Å². The predicted octanol–water partition coefficient (Wildman–Crippen LogP) is -0.480. The summed E-state index contributed by atoms with van der Waals surface area (Å²) < 4.78 is 0. The van der Waals surface area contributed by atoms with Gasteiger partial charge < -0.3 is 16.9 Å². The van der Waals surface area contributed by atoms with Gasteiger partial charge in [0.2, 0.25) is 5.91 Å². The van der Waals surface area contributed by atoms with E-state index in [4.69, 9.17) is 11.6 Å². The number of nitrogens with two attached hydrogens (primary N) is 2. The molecule has 0 radical (unpaired) electrons. The van der Waals surface area contributed by atoms with Crippen molar-refractivity contribution in [1.82, 2.24) is 5.32 Å². The van der Waals surface area contributed by atoms with Crippen LogP contribution in [0.3, 0.4) is 0 Å². The van der Waals surface area contributed by atoms with Crippen molar-refractivity contribution in [2.24, 2.45) is 16.7 Å². The lowest BCUT2D eigenvalue weighted by molar-refractivity contribution is -0.120. The molecule has 2 unspecified atom stereocenters. The van der Waals surface area contributed by atoms with E-state index in [1.807, 2.05) is 24.3 Å². The molecule has 0 saturated carbocycles. The molecule has 0 aromatic heterocycles. The van der Waals surface area contributed by atoms with E-state index in [2.05, 4.69) is 10.4 Å². The second kappa shape index (κ2) is 4.32. The van der Waals surface area contributed by atoms with Gasteiger partial charge in [0, 0.05) is 12.5 Å². The van der Waals surface area contributed by atoms with Crippen molar-refractivity contribution >= 4 is 12.1 Å². The summed E-state index contributed by atoms with van der Waals surface area (Å²) in [5, 5.41) is 6.19. The van der Waals surface area contributed by atoms with E-state index in [9.17, 15) is 4.79 Å². The van der Waals surface area contributed by atoms with Crippen LogP contribution >= 0.6 is 0 Å². The van der Waals surface area contributed by atoms with Gasteiger partial charge in [0.15, 0.2) is 0 Å². The first-order valence-corrected chi connectivity index (χ1v) is 5.09. The zero-order chi connectivity index (χ0) is 11.5. The summed E-state index contributed by atoms with van der Waals surface area (Å²) in [7, 11) is 0. The first-order valence-electron chi connectivity index (χ1n) is 5.09. The van der Waals surface area contributed by atoms with Crippen molar-refractivity contribution in [2.75, 3.05) is 6.54 Å². The van der Waals surface area contributed by atoms with Crippen LogP contribution in [-0.4, -0.2) is 24.7 Å². The highest BCUT2D eigenvalue weighted by Gasteiger charge is 2.32. The van der Waals surface area contributed by atoms with Crippen molar-refractivity contribution in [1.29, 1.82) is 0 Å². The van der Waals surface area contributed by atoms with E-state index in [1.54, 1.807) is 6.21 Å². The Balaban J connectivity index is 2.19. The SMILES string of the molecule is NN=Cc1ccc(C2CNC(=O)C2N)cc1. The lowest BCUT2D eigenvalue weighted by Gasteiger charge is -2.12. The maximum Gasteiger partial charge on any atom is 0.237 e. The van der Waals surface area contributed by atoms with Gasteiger partial charge in [-0.3, -0.25) is 4.79 Å². The van der Waals surface area contributed by atoms with Gasteiger partial charge in [-0.2, -0.15) is 5.10 Å². The quantitative estimate of drug-likeness (QED) is 0.355. The minimum Gasteiger partial charge on any atom is -0.354 e. The third-order valence-electron chi connectivity index (χ3n) is 2.82. The zero-order valence-electron chi connectivity index (χ0n) is 8.76. The molecule has 5 nitrogen and oxygen atoms in total. The Morgan fingerprint density at radius 1 is 1.38 bits per heavy atom. The summed E-state index contributed by atoms with van der Waals surface area (Å²) >= 11 is 0. The van der Waals surface area contributed by atoms with Crippen LogP contribution in [0.15, 0.2) is 29.4 Å². The maximum atomic E-state index is 11.3. The van der Waals surface area contributed by atoms with Gasteiger partial charge >= 0.3 is 0 Å². The molecular weight excluding hydrogens is 204 g/mol. The summed E-state index contributed by atoms with van der Waals surface area (Å²) in [4.78, 5) is 11.3. The minimum absolute atomic E-state index is 0.0522. The Kier molecular flexibility index (Phi) is 2.87. The number of carbonyl (C=O) groups excluding carboxylic acids is 1. The van der Waals surface area contributed by atoms with Gasteiger partial charge in [-0.15, -0.1) is 0 Å². The van der Waals surface area contributed by atoms with Crippen LogP contribution in [0.2, 0.25) is 0 Å². The summed E-state index contributed by atoms with van der Waals surface area (Å²) in [5.74, 6) is 5.02. The highest BCUT2D eigenvalue weighted by molar-refractivity contribution is 5.85. The number of nitrogens with zero attached hydrogens (tertiary/aromatic N) is 1. The van der Waals surface area contributed by atoms with Crippen molar-refractivity contribution in [3.8, 4) is 0 Å². The summed E-state index contributed by atoms with van der Waals surface area (Å²) in [6.45, 7) is 0.602. The molecule has 1 amide bonds. The number of carbonyl (C=O) groups is 1. The van der Waals surface area contributed by atoms with Gasteiger partial charge in [-0.05, 0) is 11.1 Å². The number of hydrazone groups is 1. The fraction of sp³-hybridized carbons (Fsp3) is 0.273. The number of hydrogen-bond acceptors (Lipinski definition) is 4. The molecule has 5 N–H and O–H groups in total. The third-order valence-corrected chi connectivity index (χ3v) is 2.82. The van der Waals surface area contributed by atoms with Crippen molar-refractivity contribution in [3.63, 3.8) is 0 Å². The maximum absolute atomic E-state index is 11.3. The second-order valence-electron chi connectivity index (χ2n) is 3.82. The average Bonchev–Trinajstić information content (AvgIpc) is 2.62. The van der Waals surface area contributed by atoms with Crippen LogP contribution in [0.1, 0.15) is 17.0 Å². The largest absolute Gasteiger partial charge is 0.354 e. The predicted molar refractivity (Wildman–Crippen MR) is 61.9 cm³/mol. The Hall–Kier alpha value is -1.88. The zero-order valence-corrected chi connectivity index (χ0v) is 8.76. The van der Waals surface area contributed by atoms with E-state index in [-0.39, 0.29) is 11.8 Å². The minimum atomic E-state index is -0.450. The van der Waals surface area contributed by atoms with Crippen molar-refractivity contribution in [3.05, 3.63) is 35.4 Å². The molecule has 1 aliphatic rings. The monoisotopic (exact) mass is 218 g/mol. The molecule has 2 atom stereocenters. The first-order chi connectivity index (χ1) is 7.72. The smallest absolute Gasteiger partial charge is 0.237 e. The molecule has 1 fully saturated rings. The number of nitrogens with one attached hydrogen (secondary N) is 1. The molecular formula is C11H14N4O. The standard InChI is InChI=1S/C11H14N4O/c12-10-9(6-14-11(10)16)8-3-1-7(2-4-8)5-15-13/h1-5,9-10H,6,12-13H2,(H,14,16). The Labute approximate surface area is 93.5 Å². The summed E-state index contributed by atoms with van der Waals surface area (Å²) in [5.41, 5.74) is 7.78. The Bertz CT molecular complexity index is 412.